The third kappa shape index (κ3) is 49.5. The van der Waals surface area contributed by atoms with Crippen LogP contribution in [-0.2, 0) is 28.6 Å². The van der Waals surface area contributed by atoms with Gasteiger partial charge in [-0.3, -0.25) is 14.4 Å². The Morgan fingerprint density at radius 3 is 1.03 bits per heavy atom. The maximum Gasteiger partial charge on any atom is 0.306 e. The number of ether oxygens (including phenoxy) is 3. The number of allylic oxidation sites excluding steroid dienone is 14. The van der Waals surface area contributed by atoms with Crippen molar-refractivity contribution in [3.63, 3.8) is 0 Å². The van der Waals surface area contributed by atoms with E-state index in [9.17, 15) is 14.4 Å². The average Bonchev–Trinajstić information content (AvgIpc) is 3.28. The van der Waals surface area contributed by atoms with Crippen LogP contribution in [0.3, 0.4) is 0 Å². The Morgan fingerprint density at radius 2 is 0.619 bits per heavy atom. The summed E-state index contributed by atoms with van der Waals surface area (Å²) in [5.41, 5.74) is 0. The highest BCUT2D eigenvalue weighted by molar-refractivity contribution is 5.71. The van der Waals surface area contributed by atoms with E-state index in [-0.39, 0.29) is 31.1 Å². The van der Waals surface area contributed by atoms with Gasteiger partial charge in [0.25, 0.3) is 0 Å². The molecule has 0 saturated carbocycles. The van der Waals surface area contributed by atoms with Crippen molar-refractivity contribution in [2.75, 3.05) is 13.2 Å². The van der Waals surface area contributed by atoms with Gasteiger partial charge in [0.05, 0.1) is 0 Å². The van der Waals surface area contributed by atoms with Crippen LogP contribution in [0.2, 0.25) is 0 Å². The fraction of sp³-hybridized carbons (Fsp3) is 0.702. The topological polar surface area (TPSA) is 78.9 Å². The average molecular weight is 877 g/mol. The van der Waals surface area contributed by atoms with E-state index >= 15 is 0 Å². The van der Waals surface area contributed by atoms with Crippen molar-refractivity contribution in [3.05, 3.63) is 85.1 Å². The van der Waals surface area contributed by atoms with Crippen LogP contribution in [0.4, 0.5) is 0 Å². The molecule has 360 valence electrons. The largest absolute Gasteiger partial charge is 0.462 e. The molecule has 1 atom stereocenters. The monoisotopic (exact) mass is 877 g/mol. The maximum absolute atomic E-state index is 12.8. The van der Waals surface area contributed by atoms with E-state index in [1.54, 1.807) is 0 Å². The van der Waals surface area contributed by atoms with Gasteiger partial charge < -0.3 is 14.2 Å². The lowest BCUT2D eigenvalue weighted by atomic mass is 10.0. The zero-order valence-corrected chi connectivity index (χ0v) is 41.1. The predicted molar refractivity (Wildman–Crippen MR) is 270 cm³/mol. The molecule has 0 spiro atoms. The summed E-state index contributed by atoms with van der Waals surface area (Å²) in [5.74, 6) is -0.959. The Morgan fingerprint density at radius 1 is 0.333 bits per heavy atom. The second-order valence-corrected chi connectivity index (χ2v) is 17.1. The molecule has 0 aliphatic carbocycles. The first-order valence-electron chi connectivity index (χ1n) is 26.1. The summed E-state index contributed by atoms with van der Waals surface area (Å²) in [7, 11) is 0. The number of unbranched alkanes of at least 4 members (excludes halogenated alkanes) is 21. The van der Waals surface area contributed by atoms with E-state index in [1.165, 1.54) is 89.9 Å². The molecule has 0 bridgehead atoms. The molecule has 0 aliphatic rings. The zero-order chi connectivity index (χ0) is 45.8. The Labute approximate surface area is 388 Å². The van der Waals surface area contributed by atoms with E-state index in [1.807, 2.05) is 0 Å². The van der Waals surface area contributed by atoms with Crippen LogP contribution in [0.1, 0.15) is 239 Å². The van der Waals surface area contributed by atoms with Crippen LogP contribution in [0.25, 0.3) is 0 Å². The SMILES string of the molecule is CC/C=C\C/C=C\C/C=C\C/C=C\CCCCCCC(=O)OC[C@H](COC(=O)CCCC/C=C\C/C=C\C/C=C\CCCCC)OC(=O)CCCCCCCCCCCCCCC. The Balaban J connectivity index is 4.48. The molecule has 0 radical (unpaired) electrons. The minimum absolute atomic E-state index is 0.100. The van der Waals surface area contributed by atoms with E-state index < -0.39 is 6.10 Å². The van der Waals surface area contributed by atoms with Crippen molar-refractivity contribution in [3.8, 4) is 0 Å². The molecule has 0 unspecified atom stereocenters. The van der Waals surface area contributed by atoms with E-state index in [0.717, 1.165) is 109 Å². The highest BCUT2D eigenvalue weighted by Gasteiger charge is 2.19. The maximum atomic E-state index is 12.8. The first-order valence-corrected chi connectivity index (χ1v) is 26.1. The summed E-state index contributed by atoms with van der Waals surface area (Å²) in [5, 5.41) is 0. The van der Waals surface area contributed by atoms with Gasteiger partial charge in [0.1, 0.15) is 13.2 Å². The number of hydrogen-bond donors (Lipinski definition) is 0. The molecule has 0 rings (SSSR count). The molecule has 63 heavy (non-hydrogen) atoms. The van der Waals surface area contributed by atoms with Crippen LogP contribution in [0.15, 0.2) is 85.1 Å². The smallest absolute Gasteiger partial charge is 0.306 e. The molecule has 0 amide bonds. The van der Waals surface area contributed by atoms with Gasteiger partial charge >= 0.3 is 17.9 Å². The molecule has 0 aromatic carbocycles. The first-order chi connectivity index (χ1) is 31.0. The van der Waals surface area contributed by atoms with Crippen molar-refractivity contribution >= 4 is 17.9 Å². The molecule has 0 saturated heterocycles. The van der Waals surface area contributed by atoms with E-state index in [4.69, 9.17) is 14.2 Å². The second-order valence-electron chi connectivity index (χ2n) is 17.1. The molecule has 0 N–H and O–H groups in total. The fourth-order valence-electron chi connectivity index (χ4n) is 6.97. The lowest BCUT2D eigenvalue weighted by Crippen LogP contribution is -2.30. The minimum atomic E-state index is -0.800. The number of carbonyl (C=O) groups excluding carboxylic acids is 3. The number of carbonyl (C=O) groups is 3. The summed E-state index contributed by atoms with van der Waals surface area (Å²) in [6.45, 7) is 6.44. The van der Waals surface area contributed by atoms with E-state index in [2.05, 4.69) is 106 Å². The molecule has 6 heteroatoms. The summed E-state index contributed by atoms with van der Waals surface area (Å²) >= 11 is 0. The molecular weight excluding hydrogens is 781 g/mol. The van der Waals surface area contributed by atoms with Crippen molar-refractivity contribution in [2.45, 2.75) is 245 Å². The van der Waals surface area contributed by atoms with Gasteiger partial charge in [0.15, 0.2) is 6.10 Å². The minimum Gasteiger partial charge on any atom is -0.462 e. The molecule has 6 nitrogen and oxygen atoms in total. The Kier molecular flexibility index (Phi) is 48.5. The van der Waals surface area contributed by atoms with Crippen molar-refractivity contribution in [1.82, 2.24) is 0 Å². The number of rotatable bonds is 46. The van der Waals surface area contributed by atoms with Crippen molar-refractivity contribution in [1.29, 1.82) is 0 Å². The molecule has 0 fully saturated rings. The molecule has 0 aliphatic heterocycles. The van der Waals surface area contributed by atoms with Crippen molar-refractivity contribution in [2.24, 2.45) is 0 Å². The van der Waals surface area contributed by atoms with Gasteiger partial charge in [-0.25, -0.2) is 0 Å². The molecule has 0 heterocycles. The van der Waals surface area contributed by atoms with Gasteiger partial charge in [-0.2, -0.15) is 0 Å². The number of esters is 3. The quantitative estimate of drug-likeness (QED) is 0.0262. The summed E-state index contributed by atoms with van der Waals surface area (Å²) in [6.07, 6.45) is 65.6. The highest BCUT2D eigenvalue weighted by atomic mass is 16.6. The lowest BCUT2D eigenvalue weighted by molar-refractivity contribution is -0.167. The first kappa shape index (κ1) is 59.6. The highest BCUT2D eigenvalue weighted by Crippen LogP contribution is 2.14. The second kappa shape index (κ2) is 51.2. The van der Waals surface area contributed by atoms with Crippen LogP contribution in [0.5, 0.6) is 0 Å². The molecule has 0 aromatic rings. The Bertz CT molecular complexity index is 1240. The van der Waals surface area contributed by atoms with Gasteiger partial charge in [0, 0.05) is 19.3 Å². The van der Waals surface area contributed by atoms with Gasteiger partial charge in [-0.05, 0) is 96.3 Å². The van der Waals surface area contributed by atoms with Gasteiger partial charge in [-0.1, -0.05) is 209 Å². The van der Waals surface area contributed by atoms with Crippen LogP contribution in [-0.4, -0.2) is 37.2 Å². The third-order valence-corrected chi connectivity index (χ3v) is 10.9. The molecular formula is C57H96O6. The fourth-order valence-corrected chi connectivity index (χ4v) is 6.97. The molecule has 0 aromatic heterocycles. The summed E-state index contributed by atoms with van der Waals surface area (Å²) in [4.78, 5) is 38.0. The predicted octanol–water partition coefficient (Wildman–Crippen LogP) is 17.2. The third-order valence-electron chi connectivity index (χ3n) is 10.9. The van der Waals surface area contributed by atoms with Crippen LogP contribution < -0.4 is 0 Å². The Hall–Kier alpha value is -3.41. The van der Waals surface area contributed by atoms with Gasteiger partial charge in [-0.15, -0.1) is 0 Å². The van der Waals surface area contributed by atoms with Crippen LogP contribution in [0, 0.1) is 0 Å². The van der Waals surface area contributed by atoms with Gasteiger partial charge in [0.2, 0.25) is 0 Å². The van der Waals surface area contributed by atoms with Crippen molar-refractivity contribution < 1.29 is 28.6 Å². The normalized spacial score (nSPS) is 12.7. The zero-order valence-electron chi connectivity index (χ0n) is 41.1. The van der Waals surface area contributed by atoms with Crippen LogP contribution >= 0.6 is 0 Å². The summed E-state index contributed by atoms with van der Waals surface area (Å²) in [6, 6.07) is 0. The summed E-state index contributed by atoms with van der Waals surface area (Å²) < 4.78 is 16.8. The van der Waals surface area contributed by atoms with E-state index in [0.29, 0.717) is 19.3 Å². The number of hydrogen-bond acceptors (Lipinski definition) is 6. The lowest BCUT2D eigenvalue weighted by Gasteiger charge is -2.18. The standard InChI is InChI=1S/C57H96O6/c1-4-7-10-13-16-19-22-25-27-28-30-33-35-38-41-44-47-50-56(59)62-53-54(63-57(60)51-48-45-42-39-36-31-24-21-18-15-12-9-6-3)52-61-55(58)49-46-43-40-37-34-32-29-26-23-20-17-14-11-8-5-2/h7,10,16-17,19-20,25-27,29-30,33-34,37,54H,4-6,8-9,11-15,18,21-24,28,31-32,35-36,38-53H2,1-3H3/b10-7-,19-16-,20-17-,27-25-,29-26-,33-30-,37-34-/t54-/m0/s1.